The lowest BCUT2D eigenvalue weighted by molar-refractivity contribution is -0.132. The summed E-state index contributed by atoms with van der Waals surface area (Å²) in [5.74, 6) is 0.962. The molecule has 0 aromatic heterocycles. The maximum absolute atomic E-state index is 12.5. The Balaban J connectivity index is 1.55. The van der Waals surface area contributed by atoms with Crippen molar-refractivity contribution in [2.45, 2.75) is 45.1 Å². The molecular formula is C19H27N3O. The molecule has 1 saturated carbocycles. The molecule has 1 heterocycles. The van der Waals surface area contributed by atoms with E-state index in [4.69, 9.17) is 0 Å². The van der Waals surface area contributed by atoms with E-state index in [1.54, 1.807) is 5.01 Å². The number of rotatable bonds is 4. The summed E-state index contributed by atoms with van der Waals surface area (Å²) in [7, 11) is 2.08. The van der Waals surface area contributed by atoms with E-state index < -0.39 is 0 Å². The van der Waals surface area contributed by atoms with Gasteiger partial charge >= 0.3 is 0 Å². The highest BCUT2D eigenvalue weighted by Gasteiger charge is 2.26. The Hall–Kier alpha value is -1.68. The molecule has 1 aromatic rings. The lowest BCUT2D eigenvalue weighted by Crippen LogP contribution is -2.41. The monoisotopic (exact) mass is 313 g/mol. The van der Waals surface area contributed by atoms with Crippen LogP contribution in [-0.2, 0) is 4.79 Å². The van der Waals surface area contributed by atoms with Crippen LogP contribution in [0.25, 0.3) is 0 Å². The molecular weight excluding hydrogens is 286 g/mol. The minimum absolute atomic E-state index is 0.122. The first kappa shape index (κ1) is 16.2. The molecule has 0 bridgehead atoms. The van der Waals surface area contributed by atoms with E-state index in [-0.39, 0.29) is 5.91 Å². The molecule has 1 amide bonds. The van der Waals surface area contributed by atoms with Crippen molar-refractivity contribution in [2.24, 2.45) is 11.0 Å². The Labute approximate surface area is 139 Å². The van der Waals surface area contributed by atoms with Gasteiger partial charge in [-0.05, 0) is 44.2 Å². The number of amides is 1. The van der Waals surface area contributed by atoms with Gasteiger partial charge in [0.1, 0.15) is 0 Å². The van der Waals surface area contributed by atoms with Gasteiger partial charge in [0, 0.05) is 12.5 Å². The van der Waals surface area contributed by atoms with Crippen LogP contribution in [0.4, 0.5) is 0 Å². The summed E-state index contributed by atoms with van der Waals surface area (Å²) < 4.78 is 0. The van der Waals surface area contributed by atoms with Gasteiger partial charge < -0.3 is 0 Å². The van der Waals surface area contributed by atoms with Crippen molar-refractivity contribution in [1.29, 1.82) is 0 Å². The molecule has 0 atom stereocenters. The number of nitrogens with zero attached hydrogens (tertiary/aromatic N) is 3. The van der Waals surface area contributed by atoms with Crippen LogP contribution in [0.1, 0.15) is 44.6 Å². The zero-order chi connectivity index (χ0) is 16.2. The molecule has 4 nitrogen and oxygen atoms in total. The van der Waals surface area contributed by atoms with Crippen LogP contribution in [0.15, 0.2) is 35.4 Å². The average molecular weight is 313 g/mol. The lowest BCUT2D eigenvalue weighted by atomic mass is 9.87. The van der Waals surface area contributed by atoms with Crippen LogP contribution in [-0.4, -0.2) is 47.7 Å². The molecule has 1 aliphatic heterocycles. The molecule has 124 valence electrons. The second kappa shape index (κ2) is 7.26. The van der Waals surface area contributed by atoms with E-state index in [2.05, 4.69) is 36.1 Å². The second-order valence-electron chi connectivity index (χ2n) is 7.01. The van der Waals surface area contributed by atoms with E-state index in [0.29, 0.717) is 19.1 Å². The van der Waals surface area contributed by atoms with E-state index in [0.717, 1.165) is 23.6 Å². The van der Waals surface area contributed by atoms with Gasteiger partial charge in [0.2, 0.25) is 0 Å². The van der Waals surface area contributed by atoms with Crippen molar-refractivity contribution in [3.8, 4) is 0 Å². The Morgan fingerprint density at radius 2 is 1.91 bits per heavy atom. The number of hydrogen-bond donors (Lipinski definition) is 0. The van der Waals surface area contributed by atoms with Crippen LogP contribution in [0.5, 0.6) is 0 Å². The molecule has 0 unspecified atom stereocenters. The summed E-state index contributed by atoms with van der Waals surface area (Å²) in [6, 6.07) is 10.7. The summed E-state index contributed by atoms with van der Waals surface area (Å²) in [4.78, 5) is 14.7. The SMILES string of the molecule is CC1CCC(N(C)CC(=O)N2CCC(c3ccccc3)=N2)CC1. The Kier molecular flexibility index (Phi) is 5.11. The van der Waals surface area contributed by atoms with Gasteiger partial charge in [0.15, 0.2) is 0 Å². The fourth-order valence-electron chi connectivity index (χ4n) is 3.58. The fraction of sp³-hybridized carbons (Fsp3) is 0.579. The standard InChI is InChI=1S/C19H27N3O/c1-15-8-10-17(11-9-15)21(2)14-19(23)22-13-12-18(20-22)16-6-4-3-5-7-16/h3-7,15,17H,8-14H2,1-2H3. The molecule has 23 heavy (non-hydrogen) atoms. The Bertz CT molecular complexity index is 561. The number of hydrazone groups is 1. The highest BCUT2D eigenvalue weighted by atomic mass is 16.2. The highest BCUT2D eigenvalue weighted by Crippen LogP contribution is 2.26. The quantitative estimate of drug-likeness (QED) is 0.856. The Morgan fingerprint density at radius 1 is 1.22 bits per heavy atom. The first-order valence-corrected chi connectivity index (χ1v) is 8.77. The van der Waals surface area contributed by atoms with Crippen LogP contribution >= 0.6 is 0 Å². The summed E-state index contributed by atoms with van der Waals surface area (Å²) in [5, 5.41) is 6.20. The first-order valence-electron chi connectivity index (χ1n) is 8.77. The van der Waals surface area contributed by atoms with E-state index in [9.17, 15) is 4.79 Å². The molecule has 0 spiro atoms. The highest BCUT2D eigenvalue weighted by molar-refractivity contribution is 6.02. The summed E-state index contributed by atoms with van der Waals surface area (Å²) in [5.41, 5.74) is 2.14. The van der Waals surface area contributed by atoms with Crippen LogP contribution in [0.2, 0.25) is 0 Å². The van der Waals surface area contributed by atoms with Gasteiger partial charge in [0.25, 0.3) is 5.91 Å². The minimum atomic E-state index is 0.122. The van der Waals surface area contributed by atoms with Gasteiger partial charge in [0.05, 0.1) is 18.8 Å². The maximum atomic E-state index is 12.5. The normalized spacial score (nSPS) is 24.8. The van der Waals surface area contributed by atoms with E-state index in [1.807, 2.05) is 18.2 Å². The topological polar surface area (TPSA) is 35.9 Å². The van der Waals surface area contributed by atoms with Crippen molar-refractivity contribution >= 4 is 11.6 Å². The lowest BCUT2D eigenvalue weighted by Gasteiger charge is -2.33. The number of carbonyl (C=O) groups excluding carboxylic acids is 1. The molecule has 0 radical (unpaired) electrons. The third-order valence-electron chi connectivity index (χ3n) is 5.19. The van der Waals surface area contributed by atoms with Crippen molar-refractivity contribution in [3.05, 3.63) is 35.9 Å². The molecule has 4 heteroatoms. The van der Waals surface area contributed by atoms with Crippen molar-refractivity contribution in [3.63, 3.8) is 0 Å². The zero-order valence-electron chi connectivity index (χ0n) is 14.2. The van der Waals surface area contributed by atoms with Gasteiger partial charge in [-0.3, -0.25) is 9.69 Å². The zero-order valence-corrected chi connectivity index (χ0v) is 14.2. The minimum Gasteiger partial charge on any atom is -0.295 e. The number of benzene rings is 1. The molecule has 0 N–H and O–H groups in total. The third-order valence-corrected chi connectivity index (χ3v) is 5.19. The molecule has 2 aliphatic rings. The summed E-state index contributed by atoms with van der Waals surface area (Å²) >= 11 is 0. The van der Waals surface area contributed by atoms with Gasteiger partial charge in [-0.25, -0.2) is 5.01 Å². The molecule has 1 aromatic carbocycles. The average Bonchev–Trinajstić information content (AvgIpc) is 3.06. The second-order valence-corrected chi connectivity index (χ2v) is 7.01. The largest absolute Gasteiger partial charge is 0.295 e. The van der Waals surface area contributed by atoms with E-state index >= 15 is 0 Å². The predicted molar refractivity (Wildman–Crippen MR) is 93.4 cm³/mol. The number of carbonyl (C=O) groups is 1. The van der Waals surface area contributed by atoms with Gasteiger partial charge in [-0.1, -0.05) is 37.3 Å². The summed E-state index contributed by atoms with van der Waals surface area (Å²) in [6.07, 6.45) is 5.83. The number of hydrogen-bond acceptors (Lipinski definition) is 3. The van der Waals surface area contributed by atoms with Crippen molar-refractivity contribution in [1.82, 2.24) is 9.91 Å². The summed E-state index contributed by atoms with van der Waals surface area (Å²) in [6.45, 7) is 3.51. The van der Waals surface area contributed by atoms with Gasteiger partial charge in [-0.15, -0.1) is 0 Å². The van der Waals surface area contributed by atoms with Gasteiger partial charge in [-0.2, -0.15) is 5.10 Å². The number of likely N-dealkylation sites (N-methyl/N-ethyl adjacent to an activating group) is 1. The van der Waals surface area contributed by atoms with E-state index in [1.165, 1.54) is 25.7 Å². The molecule has 1 aliphatic carbocycles. The van der Waals surface area contributed by atoms with Crippen LogP contribution in [0.3, 0.4) is 0 Å². The molecule has 3 rings (SSSR count). The Morgan fingerprint density at radius 3 is 2.61 bits per heavy atom. The smallest absolute Gasteiger partial charge is 0.256 e. The first-order chi connectivity index (χ1) is 11.1. The molecule has 0 saturated heterocycles. The fourth-order valence-corrected chi connectivity index (χ4v) is 3.58. The molecule has 1 fully saturated rings. The van der Waals surface area contributed by atoms with Crippen molar-refractivity contribution < 1.29 is 4.79 Å². The maximum Gasteiger partial charge on any atom is 0.256 e. The predicted octanol–water partition coefficient (Wildman–Crippen LogP) is 3.13. The van der Waals surface area contributed by atoms with Crippen LogP contribution < -0.4 is 0 Å². The van der Waals surface area contributed by atoms with Crippen molar-refractivity contribution in [2.75, 3.05) is 20.1 Å². The van der Waals surface area contributed by atoms with Crippen LogP contribution in [0, 0.1) is 5.92 Å². The third kappa shape index (κ3) is 3.99.